The molecule has 3 aromatic carbocycles. The first-order valence-electron chi connectivity index (χ1n) is 9.91. The van der Waals surface area contributed by atoms with E-state index in [0.717, 1.165) is 12.0 Å². The average Bonchev–Trinajstić information content (AvgIpc) is 2.79. The van der Waals surface area contributed by atoms with Gasteiger partial charge in [-0.1, -0.05) is 35.9 Å². The van der Waals surface area contributed by atoms with Crippen LogP contribution in [0.5, 0.6) is 5.75 Å². The monoisotopic (exact) mass is 435 g/mol. The van der Waals surface area contributed by atoms with E-state index in [-0.39, 0.29) is 5.91 Å². The van der Waals surface area contributed by atoms with Crippen LogP contribution in [0.15, 0.2) is 66.7 Å². The number of carbonyl (C=O) groups excluding carboxylic acids is 2. The Bertz CT molecular complexity index is 1120. The first kappa shape index (κ1) is 20.8. The number of methoxy groups -OCH3 is 1. The van der Waals surface area contributed by atoms with Crippen LogP contribution in [0.2, 0.25) is 5.02 Å². The molecular formula is C24H22ClN3O3. The molecular weight excluding hydrogens is 414 g/mol. The van der Waals surface area contributed by atoms with Crippen molar-refractivity contribution in [1.29, 1.82) is 0 Å². The Balaban J connectivity index is 1.46. The molecule has 1 heterocycles. The minimum absolute atomic E-state index is 0.00964. The van der Waals surface area contributed by atoms with Gasteiger partial charge < -0.3 is 20.3 Å². The molecule has 0 bridgehead atoms. The number of fused-ring (bicyclic) bond motifs is 1. The maximum absolute atomic E-state index is 12.8. The predicted octanol–water partition coefficient (Wildman–Crippen LogP) is 5.19. The molecule has 31 heavy (non-hydrogen) atoms. The molecule has 0 aliphatic carbocycles. The van der Waals surface area contributed by atoms with Crippen LogP contribution in [0.4, 0.5) is 16.2 Å². The van der Waals surface area contributed by atoms with Gasteiger partial charge in [0.05, 0.1) is 12.8 Å². The molecule has 4 rings (SSSR count). The van der Waals surface area contributed by atoms with Gasteiger partial charge in [-0.05, 0) is 60.0 Å². The summed E-state index contributed by atoms with van der Waals surface area (Å²) in [5.41, 5.74) is 4.00. The molecule has 2 N–H and O–H groups in total. The van der Waals surface area contributed by atoms with Gasteiger partial charge in [0.2, 0.25) is 0 Å². The second kappa shape index (κ2) is 9.10. The summed E-state index contributed by atoms with van der Waals surface area (Å²) >= 11 is 6.02. The van der Waals surface area contributed by atoms with Crippen molar-refractivity contribution in [3.05, 3.63) is 88.4 Å². The number of halogens is 1. The van der Waals surface area contributed by atoms with Crippen LogP contribution in [-0.4, -0.2) is 30.5 Å². The minimum Gasteiger partial charge on any atom is -0.495 e. The largest absolute Gasteiger partial charge is 0.495 e. The third-order valence-corrected chi connectivity index (χ3v) is 5.43. The number of hydrogen-bond acceptors (Lipinski definition) is 3. The summed E-state index contributed by atoms with van der Waals surface area (Å²) in [6.07, 6.45) is 0.778. The van der Waals surface area contributed by atoms with Crippen LogP contribution >= 0.6 is 11.6 Å². The molecule has 3 aromatic rings. The quantitative estimate of drug-likeness (QED) is 0.592. The fourth-order valence-corrected chi connectivity index (χ4v) is 3.81. The molecule has 0 spiro atoms. The molecule has 7 heteroatoms. The highest BCUT2D eigenvalue weighted by molar-refractivity contribution is 6.31. The third kappa shape index (κ3) is 4.81. The van der Waals surface area contributed by atoms with Crippen molar-refractivity contribution in [2.24, 2.45) is 0 Å². The smallest absolute Gasteiger partial charge is 0.323 e. The van der Waals surface area contributed by atoms with Crippen LogP contribution in [0.3, 0.4) is 0 Å². The molecule has 1 aliphatic rings. The summed E-state index contributed by atoms with van der Waals surface area (Å²) in [5.74, 6) is 0.524. The maximum Gasteiger partial charge on any atom is 0.323 e. The SMILES string of the molecule is COc1ccc(Cl)cc1NC(=O)Nc1ccc2c(c1)CN(C(=O)c1ccccc1)CC2. The standard InChI is InChI=1S/C24H22ClN3O3/c1-31-22-10-8-19(25)14-21(22)27-24(30)26-20-9-7-16-11-12-28(15-18(16)13-20)23(29)17-5-3-2-4-6-17/h2-10,13-14H,11-12,15H2,1H3,(H2,26,27,30). The fourth-order valence-electron chi connectivity index (χ4n) is 3.63. The van der Waals surface area contributed by atoms with Crippen molar-refractivity contribution < 1.29 is 14.3 Å². The lowest BCUT2D eigenvalue weighted by molar-refractivity contribution is 0.0734. The topological polar surface area (TPSA) is 70.7 Å². The Morgan fingerprint density at radius 3 is 2.55 bits per heavy atom. The molecule has 0 aromatic heterocycles. The van der Waals surface area contributed by atoms with Gasteiger partial charge in [-0.3, -0.25) is 4.79 Å². The van der Waals surface area contributed by atoms with Crippen LogP contribution in [0.1, 0.15) is 21.5 Å². The molecule has 0 saturated carbocycles. The second-order valence-electron chi connectivity index (χ2n) is 7.25. The lowest BCUT2D eigenvalue weighted by Crippen LogP contribution is -2.36. The first-order valence-corrected chi connectivity index (χ1v) is 10.3. The number of nitrogens with zero attached hydrogens (tertiary/aromatic N) is 1. The van der Waals surface area contributed by atoms with E-state index in [9.17, 15) is 9.59 Å². The van der Waals surface area contributed by atoms with E-state index in [2.05, 4.69) is 10.6 Å². The van der Waals surface area contributed by atoms with E-state index in [4.69, 9.17) is 16.3 Å². The fraction of sp³-hybridized carbons (Fsp3) is 0.167. The summed E-state index contributed by atoms with van der Waals surface area (Å²) in [6, 6.07) is 19.6. The van der Waals surface area contributed by atoms with E-state index < -0.39 is 6.03 Å². The van der Waals surface area contributed by atoms with Gasteiger partial charge in [-0.25, -0.2) is 4.79 Å². The lowest BCUT2D eigenvalue weighted by atomic mass is 9.98. The molecule has 0 radical (unpaired) electrons. The van der Waals surface area contributed by atoms with Crippen molar-refractivity contribution in [3.8, 4) is 5.75 Å². The number of anilines is 2. The van der Waals surface area contributed by atoms with Crippen molar-refractivity contribution in [3.63, 3.8) is 0 Å². The number of benzene rings is 3. The number of hydrogen-bond donors (Lipinski definition) is 2. The van der Waals surface area contributed by atoms with E-state index >= 15 is 0 Å². The van der Waals surface area contributed by atoms with Crippen molar-refractivity contribution in [2.75, 3.05) is 24.3 Å². The minimum atomic E-state index is -0.409. The highest BCUT2D eigenvalue weighted by Gasteiger charge is 2.22. The van der Waals surface area contributed by atoms with Crippen LogP contribution < -0.4 is 15.4 Å². The summed E-state index contributed by atoms with van der Waals surface area (Å²) < 4.78 is 5.26. The van der Waals surface area contributed by atoms with Gasteiger partial charge in [0.25, 0.3) is 5.91 Å². The maximum atomic E-state index is 12.8. The molecule has 0 fully saturated rings. The summed E-state index contributed by atoms with van der Waals surface area (Å²) in [4.78, 5) is 27.1. The van der Waals surface area contributed by atoms with E-state index in [1.54, 1.807) is 18.2 Å². The Hall–Kier alpha value is -3.51. The third-order valence-electron chi connectivity index (χ3n) is 5.19. The highest BCUT2D eigenvalue weighted by Crippen LogP contribution is 2.28. The van der Waals surface area contributed by atoms with Gasteiger partial charge in [-0.2, -0.15) is 0 Å². The molecule has 0 atom stereocenters. The lowest BCUT2D eigenvalue weighted by Gasteiger charge is -2.29. The molecule has 0 saturated heterocycles. The molecule has 158 valence electrons. The van der Waals surface area contributed by atoms with Gasteiger partial charge in [-0.15, -0.1) is 0 Å². The Morgan fingerprint density at radius 1 is 0.968 bits per heavy atom. The van der Waals surface area contributed by atoms with Gasteiger partial charge in [0.15, 0.2) is 0 Å². The number of rotatable bonds is 4. The predicted molar refractivity (Wildman–Crippen MR) is 122 cm³/mol. The number of nitrogens with one attached hydrogen (secondary N) is 2. The second-order valence-corrected chi connectivity index (χ2v) is 7.69. The summed E-state index contributed by atoms with van der Waals surface area (Å²) in [5, 5.41) is 6.08. The average molecular weight is 436 g/mol. The highest BCUT2D eigenvalue weighted by atomic mass is 35.5. The Labute approximate surface area is 185 Å². The zero-order valence-corrected chi connectivity index (χ0v) is 17.8. The van der Waals surface area contributed by atoms with Crippen LogP contribution in [0.25, 0.3) is 0 Å². The Kier molecular flexibility index (Phi) is 6.09. The molecule has 3 amide bonds. The van der Waals surface area contributed by atoms with Crippen molar-refractivity contribution in [2.45, 2.75) is 13.0 Å². The van der Waals surface area contributed by atoms with Crippen LogP contribution in [-0.2, 0) is 13.0 Å². The molecule has 0 unspecified atom stereocenters. The van der Waals surface area contributed by atoms with E-state index in [1.807, 2.05) is 53.4 Å². The van der Waals surface area contributed by atoms with E-state index in [1.165, 1.54) is 12.7 Å². The van der Waals surface area contributed by atoms with Crippen molar-refractivity contribution >= 4 is 34.9 Å². The molecule has 6 nitrogen and oxygen atoms in total. The van der Waals surface area contributed by atoms with Gasteiger partial charge >= 0.3 is 6.03 Å². The Morgan fingerprint density at radius 2 is 1.77 bits per heavy atom. The summed E-state index contributed by atoms with van der Waals surface area (Å²) in [6.45, 7) is 1.17. The zero-order valence-electron chi connectivity index (χ0n) is 17.0. The first-order chi connectivity index (χ1) is 15.0. The zero-order chi connectivity index (χ0) is 21.8. The summed E-state index contributed by atoms with van der Waals surface area (Å²) in [7, 11) is 1.53. The number of amides is 3. The molecule has 1 aliphatic heterocycles. The van der Waals surface area contributed by atoms with Crippen LogP contribution in [0, 0.1) is 0 Å². The van der Waals surface area contributed by atoms with Gasteiger partial charge in [0, 0.05) is 29.4 Å². The number of ether oxygens (including phenoxy) is 1. The van der Waals surface area contributed by atoms with Crippen molar-refractivity contribution in [1.82, 2.24) is 4.90 Å². The van der Waals surface area contributed by atoms with E-state index in [0.29, 0.717) is 40.8 Å². The number of carbonyl (C=O) groups is 2. The van der Waals surface area contributed by atoms with Gasteiger partial charge in [0.1, 0.15) is 5.75 Å². The number of urea groups is 1. The normalized spacial score (nSPS) is 12.6.